The molecule has 1 fully saturated rings. The van der Waals surface area contributed by atoms with Gasteiger partial charge in [-0.1, -0.05) is 22.6 Å². The highest BCUT2D eigenvalue weighted by atomic mass is 127. The number of hydrogen-bond donors (Lipinski definition) is 2. The average Bonchev–Trinajstić information content (AvgIpc) is 2.25. The third-order valence-corrected chi connectivity index (χ3v) is 3.74. The Kier molecular flexibility index (Phi) is 5.08. The van der Waals surface area contributed by atoms with Crippen molar-refractivity contribution in [1.29, 1.82) is 0 Å². The zero-order valence-corrected chi connectivity index (χ0v) is 11.2. The number of halogens is 3. The second-order valence-corrected chi connectivity index (χ2v) is 4.98. The molecule has 7 heteroatoms. The summed E-state index contributed by atoms with van der Waals surface area (Å²) in [6.07, 6.45) is -1.47. The number of amides is 1. The summed E-state index contributed by atoms with van der Waals surface area (Å²) in [6, 6.07) is -0.847. The van der Waals surface area contributed by atoms with E-state index < -0.39 is 18.1 Å². The summed E-state index contributed by atoms with van der Waals surface area (Å²) in [7, 11) is 0. The Balaban J connectivity index is 2.65. The lowest BCUT2D eigenvalue weighted by atomic mass is 9.81. The largest absolute Gasteiger partial charge is 0.465 e. The number of carbonyl (C=O) groups is 2. The zero-order chi connectivity index (χ0) is 13.1. The molecule has 0 aliphatic heterocycles. The van der Waals surface area contributed by atoms with Gasteiger partial charge in [-0.25, -0.2) is 13.6 Å². The number of hydrogen-bond acceptors (Lipinski definition) is 2. The molecular formula is C10H14F2INO3. The lowest BCUT2D eigenvalue weighted by Gasteiger charge is -2.32. The molecule has 1 unspecified atom stereocenters. The van der Waals surface area contributed by atoms with E-state index in [9.17, 15) is 18.4 Å². The SMILES string of the molecule is O=C(O)NC(C(=O)CI)C1CCC(F)(F)CC1. The highest BCUT2D eigenvalue weighted by Gasteiger charge is 2.39. The second-order valence-electron chi connectivity index (χ2n) is 4.22. The van der Waals surface area contributed by atoms with Crippen LogP contribution in [-0.2, 0) is 4.79 Å². The third kappa shape index (κ3) is 4.36. The molecule has 0 saturated heterocycles. The standard InChI is InChI=1S/C10H14F2INO3/c11-10(12)3-1-6(2-4-10)8(7(15)5-13)14-9(16)17/h6,8,14H,1-5H2,(H,16,17). The molecule has 0 aromatic rings. The van der Waals surface area contributed by atoms with Crippen LogP contribution in [0.4, 0.5) is 13.6 Å². The fourth-order valence-corrected chi connectivity index (χ4v) is 2.55. The van der Waals surface area contributed by atoms with Crippen molar-refractivity contribution in [2.75, 3.05) is 4.43 Å². The van der Waals surface area contributed by atoms with Crippen molar-refractivity contribution < 1.29 is 23.5 Å². The summed E-state index contributed by atoms with van der Waals surface area (Å²) in [6.45, 7) is 0. The maximum absolute atomic E-state index is 13.0. The molecule has 0 spiro atoms. The monoisotopic (exact) mass is 361 g/mol. The van der Waals surface area contributed by atoms with Crippen molar-refractivity contribution in [1.82, 2.24) is 5.32 Å². The zero-order valence-electron chi connectivity index (χ0n) is 9.09. The highest BCUT2D eigenvalue weighted by molar-refractivity contribution is 14.1. The summed E-state index contributed by atoms with van der Waals surface area (Å²) in [4.78, 5) is 22.2. The molecule has 0 aromatic carbocycles. The van der Waals surface area contributed by atoms with Crippen molar-refractivity contribution in [3.63, 3.8) is 0 Å². The van der Waals surface area contributed by atoms with Crippen molar-refractivity contribution in [2.24, 2.45) is 5.92 Å². The Hall–Kier alpha value is -0.470. The molecule has 98 valence electrons. The molecule has 0 radical (unpaired) electrons. The van der Waals surface area contributed by atoms with Crippen LogP contribution in [0.2, 0.25) is 0 Å². The lowest BCUT2D eigenvalue weighted by Crippen LogP contribution is -2.47. The van der Waals surface area contributed by atoms with E-state index in [-0.39, 0.29) is 41.8 Å². The van der Waals surface area contributed by atoms with E-state index in [1.54, 1.807) is 0 Å². The third-order valence-electron chi connectivity index (χ3n) is 2.99. The van der Waals surface area contributed by atoms with Gasteiger partial charge in [0.05, 0.1) is 10.5 Å². The first kappa shape index (κ1) is 14.6. The Bertz CT molecular complexity index is 302. The fourth-order valence-electron chi connectivity index (χ4n) is 2.07. The van der Waals surface area contributed by atoms with Crippen LogP contribution in [0.1, 0.15) is 25.7 Å². The van der Waals surface area contributed by atoms with Gasteiger partial charge in [0, 0.05) is 12.8 Å². The maximum Gasteiger partial charge on any atom is 0.405 e. The molecule has 0 bridgehead atoms. The minimum Gasteiger partial charge on any atom is -0.465 e. The number of ketones is 1. The number of carbonyl (C=O) groups excluding carboxylic acids is 1. The highest BCUT2D eigenvalue weighted by Crippen LogP contribution is 2.37. The van der Waals surface area contributed by atoms with E-state index in [4.69, 9.17) is 5.11 Å². The number of alkyl halides is 3. The summed E-state index contributed by atoms with van der Waals surface area (Å²) in [5.41, 5.74) is 0. The number of Topliss-reactive ketones (excluding diaryl/α,β-unsaturated/α-hetero) is 1. The van der Waals surface area contributed by atoms with Crippen LogP contribution >= 0.6 is 22.6 Å². The Morgan fingerprint density at radius 3 is 2.35 bits per heavy atom. The van der Waals surface area contributed by atoms with Gasteiger partial charge in [-0.3, -0.25) is 4.79 Å². The molecule has 0 heterocycles. The van der Waals surface area contributed by atoms with Crippen LogP contribution < -0.4 is 5.32 Å². The van der Waals surface area contributed by atoms with Crippen LogP contribution in [-0.4, -0.2) is 33.4 Å². The van der Waals surface area contributed by atoms with Crippen molar-refractivity contribution in [3.05, 3.63) is 0 Å². The van der Waals surface area contributed by atoms with Gasteiger partial charge in [-0.15, -0.1) is 0 Å². The summed E-state index contributed by atoms with van der Waals surface area (Å²) < 4.78 is 26.1. The molecular weight excluding hydrogens is 347 g/mol. The van der Waals surface area contributed by atoms with E-state index in [1.165, 1.54) is 0 Å². The molecule has 1 saturated carbocycles. The fraction of sp³-hybridized carbons (Fsp3) is 0.800. The van der Waals surface area contributed by atoms with E-state index >= 15 is 0 Å². The van der Waals surface area contributed by atoms with Gasteiger partial charge in [0.2, 0.25) is 5.92 Å². The van der Waals surface area contributed by atoms with E-state index in [1.807, 2.05) is 22.6 Å². The molecule has 1 aliphatic rings. The van der Waals surface area contributed by atoms with Crippen LogP contribution in [0.15, 0.2) is 0 Å². The van der Waals surface area contributed by atoms with Crippen LogP contribution in [0.25, 0.3) is 0 Å². The number of carboxylic acid groups (broad SMARTS) is 1. The van der Waals surface area contributed by atoms with Crippen molar-refractivity contribution in [2.45, 2.75) is 37.6 Å². The average molecular weight is 361 g/mol. The van der Waals surface area contributed by atoms with Gasteiger partial charge in [-0.2, -0.15) is 0 Å². The number of nitrogens with one attached hydrogen (secondary N) is 1. The molecule has 2 N–H and O–H groups in total. The first-order valence-corrected chi connectivity index (χ1v) is 6.84. The van der Waals surface area contributed by atoms with Crippen LogP contribution in [0, 0.1) is 5.92 Å². The van der Waals surface area contributed by atoms with Crippen molar-refractivity contribution >= 4 is 34.5 Å². The topological polar surface area (TPSA) is 66.4 Å². The van der Waals surface area contributed by atoms with Crippen molar-refractivity contribution in [3.8, 4) is 0 Å². The summed E-state index contributed by atoms with van der Waals surface area (Å²) in [5.74, 6) is -3.23. The van der Waals surface area contributed by atoms with E-state index in [2.05, 4.69) is 5.32 Å². The minimum absolute atomic E-state index is 0.176. The Labute approximate surface area is 111 Å². The molecule has 4 nitrogen and oxygen atoms in total. The van der Waals surface area contributed by atoms with Crippen LogP contribution in [0.3, 0.4) is 0 Å². The predicted octanol–water partition coefficient (Wildman–Crippen LogP) is 2.45. The quantitative estimate of drug-likeness (QED) is 0.597. The number of rotatable bonds is 4. The Morgan fingerprint density at radius 2 is 1.94 bits per heavy atom. The first-order valence-electron chi connectivity index (χ1n) is 5.31. The summed E-state index contributed by atoms with van der Waals surface area (Å²) in [5, 5.41) is 10.8. The second kappa shape index (κ2) is 5.92. The Morgan fingerprint density at radius 1 is 1.41 bits per heavy atom. The molecule has 17 heavy (non-hydrogen) atoms. The molecule has 1 rings (SSSR count). The first-order chi connectivity index (χ1) is 7.85. The lowest BCUT2D eigenvalue weighted by molar-refractivity contribution is -0.121. The van der Waals surface area contributed by atoms with Gasteiger partial charge in [0.25, 0.3) is 0 Å². The molecule has 1 amide bonds. The van der Waals surface area contributed by atoms with E-state index in [0.29, 0.717) is 0 Å². The maximum atomic E-state index is 13.0. The molecule has 0 aromatic heterocycles. The van der Waals surface area contributed by atoms with Gasteiger partial charge in [-0.05, 0) is 18.8 Å². The normalized spacial score (nSPS) is 21.8. The molecule has 1 aliphatic carbocycles. The summed E-state index contributed by atoms with van der Waals surface area (Å²) >= 11 is 1.85. The minimum atomic E-state index is -2.67. The predicted molar refractivity (Wildman–Crippen MR) is 65.7 cm³/mol. The smallest absolute Gasteiger partial charge is 0.405 e. The molecule has 1 atom stereocenters. The van der Waals surface area contributed by atoms with E-state index in [0.717, 1.165) is 0 Å². The van der Waals surface area contributed by atoms with Gasteiger partial charge >= 0.3 is 6.09 Å². The van der Waals surface area contributed by atoms with Gasteiger partial charge in [0.1, 0.15) is 0 Å². The van der Waals surface area contributed by atoms with Gasteiger partial charge in [0.15, 0.2) is 5.78 Å². The van der Waals surface area contributed by atoms with Crippen LogP contribution in [0.5, 0.6) is 0 Å². The van der Waals surface area contributed by atoms with Gasteiger partial charge < -0.3 is 10.4 Å².